The van der Waals surface area contributed by atoms with Crippen molar-refractivity contribution >= 4 is 25.5 Å². The Kier molecular flexibility index (Phi) is 4.68. The number of sulfonamides is 1. The van der Waals surface area contributed by atoms with Crippen LogP contribution >= 0.6 is 0 Å². The fourth-order valence-corrected chi connectivity index (χ4v) is 4.12. The molecule has 0 unspecified atom stereocenters. The molecule has 0 atom stereocenters. The van der Waals surface area contributed by atoms with Crippen LogP contribution in [0.5, 0.6) is 5.75 Å². The van der Waals surface area contributed by atoms with Crippen LogP contribution in [-0.4, -0.2) is 40.4 Å². The van der Waals surface area contributed by atoms with Gasteiger partial charge in [-0.25, -0.2) is 22.0 Å². The molecule has 0 aromatic heterocycles. The van der Waals surface area contributed by atoms with Crippen molar-refractivity contribution in [2.75, 3.05) is 18.6 Å². The highest BCUT2D eigenvalue weighted by molar-refractivity contribution is 7.94. The van der Waals surface area contributed by atoms with Crippen LogP contribution < -0.4 is 9.88 Å². The van der Waals surface area contributed by atoms with Crippen molar-refractivity contribution in [2.24, 2.45) is 5.14 Å². The van der Waals surface area contributed by atoms with Gasteiger partial charge in [-0.3, -0.25) is 10.1 Å². The molecular weight excluding hydrogens is 312 g/mol. The van der Waals surface area contributed by atoms with E-state index in [9.17, 15) is 26.9 Å². The highest BCUT2D eigenvalue weighted by Gasteiger charge is 2.27. The number of rotatable bonds is 6. The molecule has 0 amide bonds. The number of nitro benzene ring substituents is 1. The molecule has 0 radical (unpaired) electrons. The third-order valence-corrected chi connectivity index (χ3v) is 5.12. The lowest BCUT2D eigenvalue weighted by atomic mass is 10.3. The van der Waals surface area contributed by atoms with Crippen molar-refractivity contribution < 1.29 is 26.5 Å². The molecule has 0 bridgehead atoms. The van der Waals surface area contributed by atoms with Gasteiger partial charge in [0.25, 0.3) is 5.69 Å². The number of primary sulfonamides is 1. The second kappa shape index (κ2) is 5.73. The van der Waals surface area contributed by atoms with E-state index in [-0.39, 0.29) is 5.75 Å². The van der Waals surface area contributed by atoms with Crippen molar-refractivity contribution in [3.63, 3.8) is 0 Å². The van der Waals surface area contributed by atoms with E-state index in [1.807, 2.05) is 0 Å². The maximum absolute atomic E-state index is 11.9. The summed E-state index contributed by atoms with van der Waals surface area (Å²) in [6.07, 6.45) is 0. The maximum atomic E-state index is 11.9. The summed E-state index contributed by atoms with van der Waals surface area (Å²) in [5.41, 5.74) is -0.682. The zero-order chi connectivity index (χ0) is 15.6. The molecule has 0 aliphatic carbocycles. The van der Waals surface area contributed by atoms with Gasteiger partial charge in [0.2, 0.25) is 10.0 Å². The number of benzene rings is 1. The van der Waals surface area contributed by atoms with Crippen LogP contribution in [-0.2, 0) is 19.9 Å². The van der Waals surface area contributed by atoms with Crippen molar-refractivity contribution in [3.05, 3.63) is 28.3 Å². The first-order valence-electron chi connectivity index (χ1n) is 5.12. The number of nitrogens with zero attached hydrogens (tertiary/aromatic N) is 1. The summed E-state index contributed by atoms with van der Waals surface area (Å²) < 4.78 is 50.2. The molecule has 1 aromatic rings. The molecule has 9 nitrogen and oxygen atoms in total. The van der Waals surface area contributed by atoms with Gasteiger partial charge in [0.1, 0.15) is 10.6 Å². The molecular formula is C9H12N2O7S2. The van der Waals surface area contributed by atoms with E-state index in [1.54, 1.807) is 0 Å². The van der Waals surface area contributed by atoms with Gasteiger partial charge in [0.05, 0.1) is 29.6 Å². The highest BCUT2D eigenvalue weighted by Crippen LogP contribution is 2.29. The van der Waals surface area contributed by atoms with Gasteiger partial charge in [-0.1, -0.05) is 0 Å². The van der Waals surface area contributed by atoms with E-state index >= 15 is 0 Å². The van der Waals surface area contributed by atoms with Gasteiger partial charge < -0.3 is 4.74 Å². The predicted molar refractivity (Wildman–Crippen MR) is 69.7 cm³/mol. The molecule has 0 aliphatic rings. The van der Waals surface area contributed by atoms with Gasteiger partial charge in [0, 0.05) is 0 Å². The standard InChI is InChI=1S/C9H12N2O7S2/c1-18-7-2-3-9(8(6-7)11(12)13)19(14,15)4-5-20(10,16)17/h2-3,6H,4-5H2,1H3,(H2,10,16,17). The van der Waals surface area contributed by atoms with Gasteiger partial charge in [-0.05, 0) is 12.1 Å². The average molecular weight is 324 g/mol. The van der Waals surface area contributed by atoms with E-state index in [0.29, 0.717) is 0 Å². The number of hydrogen-bond acceptors (Lipinski definition) is 7. The third-order valence-electron chi connectivity index (χ3n) is 2.33. The molecule has 0 fully saturated rings. The Balaban J connectivity index is 3.27. The smallest absolute Gasteiger partial charge is 0.291 e. The average Bonchev–Trinajstić information content (AvgIpc) is 2.35. The summed E-state index contributed by atoms with van der Waals surface area (Å²) in [6, 6.07) is 3.18. The zero-order valence-corrected chi connectivity index (χ0v) is 12.0. The van der Waals surface area contributed by atoms with E-state index in [2.05, 4.69) is 0 Å². The molecule has 0 saturated carbocycles. The third kappa shape index (κ3) is 4.15. The van der Waals surface area contributed by atoms with E-state index < -0.39 is 46.9 Å². The summed E-state index contributed by atoms with van der Waals surface area (Å²) in [6.45, 7) is 0. The fourth-order valence-electron chi connectivity index (χ4n) is 1.37. The molecule has 0 saturated heterocycles. The molecule has 0 spiro atoms. The molecule has 1 aromatic carbocycles. The van der Waals surface area contributed by atoms with Crippen LogP contribution in [0.2, 0.25) is 0 Å². The van der Waals surface area contributed by atoms with E-state index in [1.165, 1.54) is 13.2 Å². The fraction of sp³-hybridized carbons (Fsp3) is 0.333. The number of hydrogen-bond donors (Lipinski definition) is 1. The first-order valence-corrected chi connectivity index (χ1v) is 8.49. The number of nitro groups is 1. The van der Waals surface area contributed by atoms with Gasteiger partial charge in [0.15, 0.2) is 9.84 Å². The van der Waals surface area contributed by atoms with Crippen LogP contribution in [0.25, 0.3) is 0 Å². The summed E-state index contributed by atoms with van der Waals surface area (Å²) in [5, 5.41) is 15.6. The first kappa shape index (κ1) is 16.3. The zero-order valence-electron chi connectivity index (χ0n) is 10.3. The second-order valence-corrected chi connectivity index (χ2v) is 7.59. The van der Waals surface area contributed by atoms with E-state index in [4.69, 9.17) is 9.88 Å². The second-order valence-electron chi connectivity index (χ2n) is 3.78. The van der Waals surface area contributed by atoms with Crippen molar-refractivity contribution in [2.45, 2.75) is 4.90 Å². The highest BCUT2D eigenvalue weighted by atomic mass is 32.2. The molecule has 1 rings (SSSR count). The minimum Gasteiger partial charge on any atom is -0.497 e. The SMILES string of the molecule is COc1ccc(S(=O)(=O)CCS(N)(=O)=O)c([N+](=O)[O-])c1. The summed E-state index contributed by atoms with van der Waals surface area (Å²) in [4.78, 5) is 9.42. The Hall–Kier alpha value is -1.72. The predicted octanol–water partition coefficient (Wildman–Crippen LogP) is -0.334. The van der Waals surface area contributed by atoms with E-state index in [0.717, 1.165) is 12.1 Å². The molecule has 11 heteroatoms. The Morgan fingerprint density at radius 1 is 1.25 bits per heavy atom. The van der Waals surface area contributed by atoms with Gasteiger partial charge >= 0.3 is 0 Å². The van der Waals surface area contributed by atoms with Crippen LogP contribution in [0.4, 0.5) is 5.69 Å². The normalized spacial score (nSPS) is 12.1. The van der Waals surface area contributed by atoms with Crippen LogP contribution in [0.3, 0.4) is 0 Å². The number of nitrogens with two attached hydrogens (primary N) is 1. The quantitative estimate of drug-likeness (QED) is 0.556. The minimum absolute atomic E-state index is 0.113. The largest absolute Gasteiger partial charge is 0.497 e. The van der Waals surface area contributed by atoms with Gasteiger partial charge in [-0.2, -0.15) is 0 Å². The monoisotopic (exact) mass is 324 g/mol. The Morgan fingerprint density at radius 3 is 2.30 bits per heavy atom. The molecule has 2 N–H and O–H groups in total. The van der Waals surface area contributed by atoms with Crippen molar-refractivity contribution in [3.8, 4) is 5.75 Å². The lowest BCUT2D eigenvalue weighted by Gasteiger charge is -2.06. The molecule has 0 heterocycles. The maximum Gasteiger partial charge on any atom is 0.291 e. The summed E-state index contributed by atoms with van der Waals surface area (Å²) >= 11 is 0. The first-order chi connectivity index (χ1) is 9.07. The molecule has 112 valence electrons. The number of ether oxygens (including phenoxy) is 1. The summed E-state index contributed by atoms with van der Waals surface area (Å²) in [5.74, 6) is -1.54. The van der Waals surface area contributed by atoms with Crippen molar-refractivity contribution in [1.29, 1.82) is 0 Å². The Labute approximate surface area is 115 Å². The van der Waals surface area contributed by atoms with Crippen LogP contribution in [0.1, 0.15) is 0 Å². The lowest BCUT2D eigenvalue weighted by molar-refractivity contribution is -0.387. The van der Waals surface area contributed by atoms with Gasteiger partial charge in [-0.15, -0.1) is 0 Å². The molecule has 20 heavy (non-hydrogen) atoms. The number of methoxy groups -OCH3 is 1. The van der Waals surface area contributed by atoms with Crippen molar-refractivity contribution in [1.82, 2.24) is 0 Å². The van der Waals surface area contributed by atoms with Crippen LogP contribution in [0, 0.1) is 10.1 Å². The Morgan fingerprint density at radius 2 is 1.85 bits per heavy atom. The Bertz CT molecular complexity index is 725. The lowest BCUT2D eigenvalue weighted by Crippen LogP contribution is -2.23. The summed E-state index contributed by atoms with van der Waals surface area (Å²) in [7, 11) is -6.86. The number of sulfone groups is 1. The minimum atomic E-state index is -4.15. The topological polar surface area (TPSA) is 147 Å². The van der Waals surface area contributed by atoms with Crippen LogP contribution in [0.15, 0.2) is 23.1 Å². The molecule has 0 aliphatic heterocycles.